The highest BCUT2D eigenvalue weighted by Crippen LogP contribution is 2.34. The Hall–Kier alpha value is -1.55. The zero-order valence-electron chi connectivity index (χ0n) is 14.1. The first kappa shape index (κ1) is 21.5. The van der Waals surface area contributed by atoms with Crippen molar-refractivity contribution in [1.82, 2.24) is 10.6 Å². The molecule has 0 fully saturated rings. The molecular weight excluding hydrogens is 377 g/mol. The van der Waals surface area contributed by atoms with E-state index >= 15 is 0 Å². The predicted octanol–water partition coefficient (Wildman–Crippen LogP) is 2.50. The second-order valence-electron chi connectivity index (χ2n) is 5.72. The van der Waals surface area contributed by atoms with Crippen molar-refractivity contribution in [2.24, 2.45) is 0 Å². The number of ether oxygens (including phenoxy) is 1. The third-order valence-electron chi connectivity index (χ3n) is 2.96. The molecule has 1 aromatic carbocycles. The molecule has 0 unspecified atom stereocenters. The molecule has 0 aliphatic carbocycles. The third kappa shape index (κ3) is 8.39. The van der Waals surface area contributed by atoms with Gasteiger partial charge in [-0.3, -0.25) is 0 Å². The minimum Gasteiger partial charge on any atom is -0.491 e. The molecule has 2 N–H and O–H groups in total. The summed E-state index contributed by atoms with van der Waals surface area (Å²) in [7, 11) is -3.14. The Bertz CT molecular complexity index is 704. The van der Waals surface area contributed by atoms with E-state index in [0.29, 0.717) is 0 Å². The summed E-state index contributed by atoms with van der Waals surface area (Å²) in [6, 6.07) is 3.75. The fourth-order valence-electron chi connectivity index (χ4n) is 1.91. The van der Waals surface area contributed by atoms with Crippen LogP contribution in [0.5, 0.6) is 5.75 Å². The molecule has 25 heavy (non-hydrogen) atoms. The molecule has 0 aliphatic heterocycles. The zero-order valence-corrected chi connectivity index (χ0v) is 15.7. The van der Waals surface area contributed by atoms with Gasteiger partial charge in [0.05, 0.1) is 17.4 Å². The van der Waals surface area contributed by atoms with Gasteiger partial charge in [-0.25, -0.2) is 8.42 Å². The number of hydrogen-bond acceptors (Lipinski definition) is 4. The van der Waals surface area contributed by atoms with Gasteiger partial charge in [-0.2, -0.15) is 13.2 Å². The van der Waals surface area contributed by atoms with E-state index in [1.165, 1.54) is 12.1 Å². The standard InChI is InChI=1S/C15H21F3N2O3S2/c1-10(2)23-12-5-4-11(13(8-12)15(16,17)18)9-20-14(24)19-6-7-25(3,21)22/h4-5,8,10H,6-7,9H2,1-3H3,(H2,19,20,24). The first-order chi connectivity index (χ1) is 11.4. The van der Waals surface area contributed by atoms with E-state index in [1.54, 1.807) is 13.8 Å². The van der Waals surface area contributed by atoms with Crippen LogP contribution in [-0.2, 0) is 22.6 Å². The Morgan fingerprint density at radius 2 is 1.92 bits per heavy atom. The van der Waals surface area contributed by atoms with Crippen LogP contribution in [0.25, 0.3) is 0 Å². The van der Waals surface area contributed by atoms with Crippen LogP contribution in [-0.4, -0.2) is 38.2 Å². The summed E-state index contributed by atoms with van der Waals surface area (Å²) in [5.74, 6) is 0.0177. The average Bonchev–Trinajstić information content (AvgIpc) is 2.42. The van der Waals surface area contributed by atoms with Crippen LogP contribution in [0.2, 0.25) is 0 Å². The third-order valence-corrected chi connectivity index (χ3v) is 4.19. The summed E-state index contributed by atoms with van der Waals surface area (Å²) in [5, 5.41) is 5.37. The van der Waals surface area contributed by atoms with E-state index in [2.05, 4.69) is 10.6 Å². The van der Waals surface area contributed by atoms with Gasteiger partial charge in [0.1, 0.15) is 15.6 Å². The van der Waals surface area contributed by atoms with E-state index in [-0.39, 0.29) is 41.4 Å². The van der Waals surface area contributed by atoms with Gasteiger partial charge in [0, 0.05) is 19.3 Å². The average molecular weight is 398 g/mol. The summed E-state index contributed by atoms with van der Waals surface area (Å²) < 4.78 is 67.0. The number of sulfone groups is 1. The molecule has 5 nitrogen and oxygen atoms in total. The first-order valence-electron chi connectivity index (χ1n) is 7.44. The van der Waals surface area contributed by atoms with Crippen LogP contribution in [0.4, 0.5) is 13.2 Å². The minimum atomic E-state index is -4.53. The molecule has 0 spiro atoms. The highest BCUT2D eigenvalue weighted by Gasteiger charge is 2.33. The van der Waals surface area contributed by atoms with Crippen molar-refractivity contribution >= 4 is 27.2 Å². The molecule has 0 atom stereocenters. The fraction of sp³-hybridized carbons (Fsp3) is 0.533. The molecule has 0 aromatic heterocycles. The molecule has 0 radical (unpaired) electrons. The maximum absolute atomic E-state index is 13.2. The Morgan fingerprint density at radius 1 is 1.28 bits per heavy atom. The number of hydrogen-bond donors (Lipinski definition) is 2. The van der Waals surface area contributed by atoms with Gasteiger partial charge in [0.15, 0.2) is 5.11 Å². The minimum absolute atomic E-state index is 0.0101. The van der Waals surface area contributed by atoms with E-state index in [1.807, 2.05) is 0 Å². The van der Waals surface area contributed by atoms with Crippen LogP contribution < -0.4 is 15.4 Å². The molecule has 0 aliphatic rings. The second kappa shape index (κ2) is 8.70. The van der Waals surface area contributed by atoms with Crippen LogP contribution >= 0.6 is 12.2 Å². The summed E-state index contributed by atoms with van der Waals surface area (Å²) in [4.78, 5) is 0. The van der Waals surface area contributed by atoms with Gasteiger partial charge in [0.2, 0.25) is 0 Å². The van der Waals surface area contributed by atoms with Crippen molar-refractivity contribution in [2.45, 2.75) is 32.7 Å². The van der Waals surface area contributed by atoms with Crippen LogP contribution in [0.3, 0.4) is 0 Å². The molecule has 0 amide bonds. The van der Waals surface area contributed by atoms with Gasteiger partial charge in [-0.05, 0) is 43.8 Å². The fourth-order valence-corrected chi connectivity index (χ4v) is 2.55. The van der Waals surface area contributed by atoms with Gasteiger partial charge in [-0.1, -0.05) is 6.07 Å². The second-order valence-corrected chi connectivity index (χ2v) is 8.39. The quantitative estimate of drug-likeness (QED) is 0.688. The summed E-state index contributed by atoms with van der Waals surface area (Å²) in [6.07, 6.45) is -3.68. The molecule has 1 rings (SSSR count). The van der Waals surface area contributed by atoms with Gasteiger partial charge >= 0.3 is 6.18 Å². The lowest BCUT2D eigenvalue weighted by molar-refractivity contribution is -0.138. The predicted molar refractivity (Wildman–Crippen MR) is 94.4 cm³/mol. The molecule has 0 saturated heterocycles. The van der Waals surface area contributed by atoms with Crippen molar-refractivity contribution in [1.29, 1.82) is 0 Å². The number of halogens is 3. The number of benzene rings is 1. The lowest BCUT2D eigenvalue weighted by Gasteiger charge is -2.17. The molecule has 0 heterocycles. The lowest BCUT2D eigenvalue weighted by atomic mass is 10.1. The number of rotatable bonds is 7. The number of thiocarbonyl (C=S) groups is 1. The molecule has 0 saturated carbocycles. The highest BCUT2D eigenvalue weighted by molar-refractivity contribution is 7.90. The van der Waals surface area contributed by atoms with E-state index < -0.39 is 21.6 Å². The first-order valence-corrected chi connectivity index (χ1v) is 9.91. The SMILES string of the molecule is CC(C)Oc1ccc(CNC(=S)NCCS(C)(=O)=O)c(C(F)(F)F)c1. The largest absolute Gasteiger partial charge is 0.491 e. The number of nitrogens with one attached hydrogen (secondary N) is 2. The van der Waals surface area contributed by atoms with Crippen LogP contribution in [0.1, 0.15) is 25.0 Å². The van der Waals surface area contributed by atoms with Gasteiger partial charge < -0.3 is 15.4 Å². The molecule has 10 heteroatoms. The highest BCUT2D eigenvalue weighted by atomic mass is 32.2. The summed E-state index contributed by atoms with van der Waals surface area (Å²) >= 11 is 4.94. The van der Waals surface area contributed by atoms with E-state index in [0.717, 1.165) is 12.3 Å². The Kier molecular flexibility index (Phi) is 7.48. The van der Waals surface area contributed by atoms with Crippen LogP contribution in [0, 0.1) is 0 Å². The van der Waals surface area contributed by atoms with Gasteiger partial charge in [-0.15, -0.1) is 0 Å². The molecule has 0 bridgehead atoms. The van der Waals surface area contributed by atoms with Gasteiger partial charge in [0.25, 0.3) is 0 Å². The smallest absolute Gasteiger partial charge is 0.416 e. The Balaban J connectivity index is 2.75. The van der Waals surface area contributed by atoms with E-state index in [4.69, 9.17) is 17.0 Å². The number of alkyl halides is 3. The normalized spacial score (nSPS) is 12.1. The van der Waals surface area contributed by atoms with Crippen molar-refractivity contribution in [3.05, 3.63) is 29.3 Å². The monoisotopic (exact) mass is 398 g/mol. The van der Waals surface area contributed by atoms with Crippen molar-refractivity contribution < 1.29 is 26.3 Å². The maximum Gasteiger partial charge on any atom is 0.416 e. The topological polar surface area (TPSA) is 67.4 Å². The van der Waals surface area contributed by atoms with E-state index in [9.17, 15) is 21.6 Å². The maximum atomic E-state index is 13.2. The molecular formula is C15H21F3N2O3S2. The summed E-state index contributed by atoms with van der Waals surface area (Å²) in [6.45, 7) is 3.38. The summed E-state index contributed by atoms with van der Waals surface area (Å²) in [5.41, 5.74) is -0.798. The Morgan fingerprint density at radius 3 is 2.44 bits per heavy atom. The van der Waals surface area contributed by atoms with Crippen molar-refractivity contribution in [3.63, 3.8) is 0 Å². The Labute approximate surface area is 150 Å². The van der Waals surface area contributed by atoms with Crippen molar-refractivity contribution in [2.75, 3.05) is 18.6 Å². The van der Waals surface area contributed by atoms with Crippen molar-refractivity contribution in [3.8, 4) is 5.75 Å². The lowest BCUT2D eigenvalue weighted by Crippen LogP contribution is -2.37. The van der Waals surface area contributed by atoms with Crippen LogP contribution in [0.15, 0.2) is 18.2 Å². The molecule has 1 aromatic rings. The molecule has 142 valence electrons. The zero-order chi connectivity index (χ0) is 19.3.